The summed E-state index contributed by atoms with van der Waals surface area (Å²) >= 11 is 0. The minimum atomic E-state index is -3.83. The van der Waals surface area contributed by atoms with Gasteiger partial charge in [-0.1, -0.05) is 12.1 Å². The summed E-state index contributed by atoms with van der Waals surface area (Å²) in [5.74, 6) is 0.295. The zero-order chi connectivity index (χ0) is 21.3. The molecule has 0 spiro atoms. The van der Waals surface area contributed by atoms with E-state index < -0.39 is 21.9 Å². The van der Waals surface area contributed by atoms with Gasteiger partial charge in [0, 0.05) is 18.3 Å². The molecule has 1 aliphatic heterocycles. The van der Waals surface area contributed by atoms with E-state index in [4.69, 9.17) is 10.5 Å². The Hall–Kier alpha value is -3.04. The average molecular weight is 428 g/mol. The molecule has 1 fully saturated rings. The van der Waals surface area contributed by atoms with Crippen LogP contribution in [0.15, 0.2) is 59.6 Å². The Labute approximate surface area is 174 Å². The third kappa shape index (κ3) is 3.73. The Morgan fingerprint density at radius 1 is 1.13 bits per heavy atom. The predicted octanol–water partition coefficient (Wildman–Crippen LogP) is 3.40. The zero-order valence-corrected chi connectivity index (χ0v) is 17.1. The Balaban J connectivity index is 1.77. The molecule has 1 aliphatic rings. The number of benzene rings is 2. The van der Waals surface area contributed by atoms with E-state index in [-0.39, 0.29) is 10.8 Å². The van der Waals surface area contributed by atoms with Crippen molar-refractivity contribution in [2.45, 2.75) is 23.8 Å². The monoisotopic (exact) mass is 428 g/mol. The zero-order valence-electron chi connectivity index (χ0n) is 16.3. The molecule has 1 unspecified atom stereocenters. The highest BCUT2D eigenvalue weighted by Crippen LogP contribution is 2.40. The lowest BCUT2D eigenvalue weighted by atomic mass is 10.0. The molecule has 30 heavy (non-hydrogen) atoms. The lowest BCUT2D eigenvalue weighted by Gasteiger charge is -2.25. The quantitative estimate of drug-likeness (QED) is 0.669. The third-order valence-corrected chi connectivity index (χ3v) is 7.10. The number of halogens is 1. The number of nitrogens with zero attached hydrogens (tertiary/aromatic N) is 3. The Morgan fingerprint density at radius 3 is 2.50 bits per heavy atom. The molecule has 4 rings (SSSR count). The second-order valence-corrected chi connectivity index (χ2v) is 8.87. The van der Waals surface area contributed by atoms with Gasteiger partial charge in [-0.25, -0.2) is 22.8 Å². The number of anilines is 1. The summed E-state index contributed by atoms with van der Waals surface area (Å²) in [4.78, 5) is 8.57. The van der Waals surface area contributed by atoms with Crippen LogP contribution in [0, 0.1) is 5.82 Å². The minimum absolute atomic E-state index is 0.0452. The van der Waals surface area contributed by atoms with Gasteiger partial charge in [0.15, 0.2) is 0 Å². The summed E-state index contributed by atoms with van der Waals surface area (Å²) in [5, 5.41) is 0. The van der Waals surface area contributed by atoms with E-state index in [1.165, 1.54) is 16.4 Å². The topological polar surface area (TPSA) is 98.4 Å². The maximum atomic E-state index is 13.3. The highest BCUT2D eigenvalue weighted by molar-refractivity contribution is 7.89. The van der Waals surface area contributed by atoms with Gasteiger partial charge in [0.2, 0.25) is 16.0 Å². The smallest absolute Gasteiger partial charge is 0.243 e. The van der Waals surface area contributed by atoms with Crippen molar-refractivity contribution in [1.29, 1.82) is 0 Å². The van der Waals surface area contributed by atoms with Gasteiger partial charge in [0.1, 0.15) is 11.6 Å². The van der Waals surface area contributed by atoms with Crippen molar-refractivity contribution < 1.29 is 17.5 Å². The summed E-state index contributed by atoms with van der Waals surface area (Å²) in [6.45, 7) is 0.344. The van der Waals surface area contributed by atoms with Crippen molar-refractivity contribution in [3.63, 3.8) is 0 Å². The fourth-order valence-corrected chi connectivity index (χ4v) is 5.36. The largest absolute Gasteiger partial charge is 0.497 e. The molecular weight excluding hydrogens is 407 g/mol. The minimum Gasteiger partial charge on any atom is -0.497 e. The van der Waals surface area contributed by atoms with Crippen LogP contribution in [0.5, 0.6) is 5.75 Å². The molecule has 0 aliphatic carbocycles. The molecule has 1 saturated heterocycles. The van der Waals surface area contributed by atoms with Gasteiger partial charge in [0.05, 0.1) is 23.7 Å². The van der Waals surface area contributed by atoms with Crippen LogP contribution in [-0.2, 0) is 10.0 Å². The lowest BCUT2D eigenvalue weighted by molar-refractivity contribution is 0.391. The van der Waals surface area contributed by atoms with E-state index in [0.717, 1.165) is 17.7 Å². The van der Waals surface area contributed by atoms with Crippen molar-refractivity contribution in [1.82, 2.24) is 14.3 Å². The number of ether oxygens (including phenoxy) is 1. The van der Waals surface area contributed by atoms with Crippen molar-refractivity contribution in [2.75, 3.05) is 19.4 Å². The Kier molecular flexibility index (Phi) is 5.40. The van der Waals surface area contributed by atoms with Gasteiger partial charge in [-0.2, -0.15) is 4.31 Å². The number of aromatic nitrogens is 2. The van der Waals surface area contributed by atoms with Gasteiger partial charge < -0.3 is 10.5 Å². The van der Waals surface area contributed by atoms with Crippen molar-refractivity contribution in [3.8, 4) is 16.9 Å². The Morgan fingerprint density at radius 2 is 1.83 bits per heavy atom. The van der Waals surface area contributed by atoms with Gasteiger partial charge >= 0.3 is 0 Å². The Bertz CT molecular complexity index is 1150. The van der Waals surface area contributed by atoms with Gasteiger partial charge in [-0.3, -0.25) is 0 Å². The molecule has 0 radical (unpaired) electrons. The summed E-state index contributed by atoms with van der Waals surface area (Å²) < 4.78 is 46.4. The lowest BCUT2D eigenvalue weighted by Crippen LogP contribution is -2.31. The number of hydrogen-bond acceptors (Lipinski definition) is 6. The fraction of sp³-hybridized carbons (Fsp3) is 0.238. The molecule has 0 saturated carbocycles. The molecule has 156 valence electrons. The first-order valence-corrected chi connectivity index (χ1v) is 10.9. The van der Waals surface area contributed by atoms with Crippen LogP contribution in [0.2, 0.25) is 0 Å². The summed E-state index contributed by atoms with van der Waals surface area (Å²) in [5.41, 5.74) is 7.94. The number of rotatable bonds is 5. The highest BCUT2D eigenvalue weighted by Gasteiger charge is 2.38. The normalized spacial score (nSPS) is 17.2. The molecule has 2 heterocycles. The molecule has 7 nitrogen and oxygen atoms in total. The maximum absolute atomic E-state index is 13.3. The number of hydrogen-bond donors (Lipinski definition) is 1. The van der Waals surface area contributed by atoms with Gasteiger partial charge in [-0.05, 0) is 54.8 Å². The van der Waals surface area contributed by atoms with Crippen LogP contribution in [-0.4, -0.2) is 36.3 Å². The van der Waals surface area contributed by atoms with E-state index in [0.29, 0.717) is 36.4 Å². The number of nitrogen functional groups attached to an aromatic ring is 1. The van der Waals surface area contributed by atoms with Crippen LogP contribution >= 0.6 is 0 Å². The molecule has 0 amide bonds. The summed E-state index contributed by atoms with van der Waals surface area (Å²) in [6.07, 6.45) is 2.89. The average Bonchev–Trinajstić information content (AvgIpc) is 3.25. The van der Waals surface area contributed by atoms with Crippen molar-refractivity contribution in [2.24, 2.45) is 0 Å². The molecule has 2 N–H and O–H groups in total. The van der Waals surface area contributed by atoms with Crippen molar-refractivity contribution >= 4 is 16.0 Å². The van der Waals surface area contributed by atoms with Crippen LogP contribution in [0.25, 0.3) is 11.1 Å². The van der Waals surface area contributed by atoms with Crippen LogP contribution < -0.4 is 10.5 Å². The number of methoxy groups -OCH3 is 1. The second-order valence-electron chi connectivity index (χ2n) is 6.98. The van der Waals surface area contributed by atoms with E-state index >= 15 is 0 Å². The summed E-state index contributed by atoms with van der Waals surface area (Å²) in [6, 6.07) is 11.7. The second kappa shape index (κ2) is 8.00. The van der Waals surface area contributed by atoms with E-state index in [2.05, 4.69) is 9.97 Å². The first-order chi connectivity index (χ1) is 14.4. The van der Waals surface area contributed by atoms with E-state index in [1.54, 1.807) is 13.3 Å². The highest BCUT2D eigenvalue weighted by atomic mass is 32.2. The maximum Gasteiger partial charge on any atom is 0.243 e. The number of nitrogens with two attached hydrogens (primary N) is 1. The first kappa shape index (κ1) is 20.2. The van der Waals surface area contributed by atoms with Gasteiger partial charge in [-0.15, -0.1) is 0 Å². The van der Waals surface area contributed by atoms with Crippen LogP contribution in [0.4, 0.5) is 10.3 Å². The van der Waals surface area contributed by atoms with Crippen LogP contribution in [0.3, 0.4) is 0 Å². The standard InChI is InChI=1S/C21H21FN4O3S/c1-29-16-8-4-14(5-9-16)18-13-24-21(23)25-20(18)19-3-2-12-26(19)30(27,28)17-10-6-15(22)7-11-17/h4-11,13,19H,2-3,12H2,1H3,(H2,23,24,25). The molecule has 0 bridgehead atoms. The number of sulfonamides is 1. The molecular formula is C21H21FN4O3S. The predicted molar refractivity (Wildman–Crippen MR) is 111 cm³/mol. The summed E-state index contributed by atoms with van der Waals surface area (Å²) in [7, 11) is -2.24. The van der Waals surface area contributed by atoms with Gasteiger partial charge in [0.25, 0.3) is 0 Å². The first-order valence-electron chi connectivity index (χ1n) is 9.44. The molecule has 9 heteroatoms. The van der Waals surface area contributed by atoms with Crippen molar-refractivity contribution in [3.05, 3.63) is 66.2 Å². The van der Waals surface area contributed by atoms with E-state index in [1.807, 2.05) is 24.3 Å². The molecule has 1 aromatic heterocycles. The molecule has 1 atom stereocenters. The fourth-order valence-electron chi connectivity index (χ4n) is 3.70. The molecule has 3 aromatic rings. The van der Waals surface area contributed by atoms with E-state index in [9.17, 15) is 12.8 Å². The third-order valence-electron chi connectivity index (χ3n) is 5.18. The van der Waals surface area contributed by atoms with Crippen LogP contribution in [0.1, 0.15) is 24.6 Å². The SMILES string of the molecule is COc1ccc(-c2cnc(N)nc2C2CCCN2S(=O)(=O)c2ccc(F)cc2)cc1. The molecule has 2 aromatic carbocycles.